The van der Waals surface area contributed by atoms with Crippen molar-refractivity contribution in [3.63, 3.8) is 0 Å². The molecule has 0 radical (unpaired) electrons. The van der Waals surface area contributed by atoms with Crippen LogP contribution in [-0.4, -0.2) is 23.1 Å². The fourth-order valence-corrected chi connectivity index (χ4v) is 2.06. The van der Waals surface area contributed by atoms with Crippen LogP contribution in [0.25, 0.3) is 11.5 Å². The van der Waals surface area contributed by atoms with Gasteiger partial charge in [-0.15, -0.1) is 0 Å². The highest BCUT2D eigenvalue weighted by Crippen LogP contribution is 2.23. The lowest BCUT2D eigenvalue weighted by molar-refractivity contribution is 0.580. The molecular weight excluding hydrogens is 216 g/mol. The van der Waals surface area contributed by atoms with Gasteiger partial charge in [-0.1, -0.05) is 0 Å². The van der Waals surface area contributed by atoms with Crippen LogP contribution in [0.1, 0.15) is 12.8 Å². The Kier molecular flexibility index (Phi) is 2.44. The standard InChI is InChI=1S/C12H14N4O/c13-11-8-9(10-4-3-7-17-10)14-12(15-11)16-5-1-2-6-16/h3-4,7-8H,1-2,5-6H2,(H2,13,14,15). The molecule has 1 aliphatic heterocycles. The van der Waals surface area contributed by atoms with E-state index >= 15 is 0 Å². The summed E-state index contributed by atoms with van der Waals surface area (Å²) < 4.78 is 5.33. The van der Waals surface area contributed by atoms with E-state index in [1.54, 1.807) is 12.3 Å². The van der Waals surface area contributed by atoms with Gasteiger partial charge in [0.25, 0.3) is 0 Å². The van der Waals surface area contributed by atoms with Gasteiger partial charge in [0.2, 0.25) is 5.95 Å². The van der Waals surface area contributed by atoms with Crippen LogP contribution in [-0.2, 0) is 0 Å². The molecule has 5 heteroatoms. The molecule has 1 saturated heterocycles. The first-order chi connectivity index (χ1) is 8.33. The maximum Gasteiger partial charge on any atom is 0.227 e. The zero-order valence-electron chi connectivity index (χ0n) is 9.47. The number of nitrogens with zero attached hydrogens (tertiary/aromatic N) is 3. The van der Waals surface area contributed by atoms with Crippen molar-refractivity contribution >= 4 is 11.8 Å². The summed E-state index contributed by atoms with van der Waals surface area (Å²) in [7, 11) is 0. The third-order valence-corrected chi connectivity index (χ3v) is 2.90. The van der Waals surface area contributed by atoms with E-state index in [1.165, 1.54) is 12.8 Å². The van der Waals surface area contributed by atoms with Crippen LogP contribution in [0, 0.1) is 0 Å². The summed E-state index contributed by atoms with van der Waals surface area (Å²) in [5.41, 5.74) is 6.55. The first-order valence-electron chi connectivity index (χ1n) is 5.76. The average Bonchev–Trinajstić information content (AvgIpc) is 3.02. The molecule has 0 spiro atoms. The highest BCUT2D eigenvalue weighted by atomic mass is 16.3. The number of hydrogen-bond acceptors (Lipinski definition) is 5. The van der Waals surface area contributed by atoms with E-state index in [9.17, 15) is 0 Å². The molecule has 3 rings (SSSR count). The van der Waals surface area contributed by atoms with E-state index in [0.717, 1.165) is 24.5 Å². The molecule has 1 fully saturated rings. The first-order valence-corrected chi connectivity index (χ1v) is 5.76. The summed E-state index contributed by atoms with van der Waals surface area (Å²) >= 11 is 0. The van der Waals surface area contributed by atoms with Gasteiger partial charge in [-0.2, -0.15) is 4.98 Å². The summed E-state index contributed by atoms with van der Waals surface area (Å²) in [4.78, 5) is 10.9. The maximum absolute atomic E-state index is 5.81. The van der Waals surface area contributed by atoms with E-state index in [0.29, 0.717) is 11.8 Å². The molecule has 88 valence electrons. The van der Waals surface area contributed by atoms with E-state index in [-0.39, 0.29) is 0 Å². The number of aromatic nitrogens is 2. The Hall–Kier alpha value is -2.04. The van der Waals surface area contributed by atoms with Crippen molar-refractivity contribution in [2.24, 2.45) is 0 Å². The average molecular weight is 230 g/mol. The van der Waals surface area contributed by atoms with Crippen LogP contribution < -0.4 is 10.6 Å². The fourth-order valence-electron chi connectivity index (χ4n) is 2.06. The third-order valence-electron chi connectivity index (χ3n) is 2.90. The Morgan fingerprint density at radius 1 is 1.24 bits per heavy atom. The molecule has 0 atom stereocenters. The molecule has 2 aromatic rings. The minimum atomic E-state index is 0.480. The molecule has 0 unspecified atom stereocenters. The number of furan rings is 1. The van der Waals surface area contributed by atoms with Crippen LogP contribution in [0.4, 0.5) is 11.8 Å². The summed E-state index contributed by atoms with van der Waals surface area (Å²) in [6.07, 6.45) is 4.01. The first kappa shape index (κ1) is 10.1. The van der Waals surface area contributed by atoms with Crippen LogP contribution in [0.2, 0.25) is 0 Å². The third kappa shape index (κ3) is 1.95. The van der Waals surface area contributed by atoms with Gasteiger partial charge in [-0.05, 0) is 25.0 Å². The van der Waals surface area contributed by atoms with Crippen molar-refractivity contribution in [2.45, 2.75) is 12.8 Å². The molecule has 5 nitrogen and oxygen atoms in total. The zero-order valence-corrected chi connectivity index (χ0v) is 9.47. The Morgan fingerprint density at radius 3 is 2.76 bits per heavy atom. The maximum atomic E-state index is 5.81. The normalized spacial score (nSPS) is 15.4. The monoisotopic (exact) mass is 230 g/mol. The largest absolute Gasteiger partial charge is 0.463 e. The Labute approximate surface area is 99.3 Å². The summed E-state index contributed by atoms with van der Waals surface area (Å²) in [5.74, 6) is 1.90. The van der Waals surface area contributed by atoms with Gasteiger partial charge in [0.15, 0.2) is 5.76 Å². The van der Waals surface area contributed by atoms with E-state index in [1.807, 2.05) is 12.1 Å². The second-order valence-corrected chi connectivity index (χ2v) is 4.15. The molecule has 0 aromatic carbocycles. The molecule has 0 aliphatic carbocycles. The van der Waals surface area contributed by atoms with Crippen molar-refractivity contribution < 1.29 is 4.42 Å². The molecule has 2 aromatic heterocycles. The van der Waals surface area contributed by atoms with Crippen LogP contribution in [0.15, 0.2) is 28.9 Å². The van der Waals surface area contributed by atoms with E-state index in [4.69, 9.17) is 10.2 Å². The molecule has 0 bridgehead atoms. The Morgan fingerprint density at radius 2 is 2.06 bits per heavy atom. The number of anilines is 2. The van der Waals surface area contributed by atoms with Crippen molar-refractivity contribution in [2.75, 3.05) is 23.7 Å². The predicted molar refractivity (Wildman–Crippen MR) is 65.6 cm³/mol. The van der Waals surface area contributed by atoms with Crippen LogP contribution in [0.3, 0.4) is 0 Å². The minimum Gasteiger partial charge on any atom is -0.463 e. The number of rotatable bonds is 2. The lowest BCUT2D eigenvalue weighted by Crippen LogP contribution is -2.21. The number of hydrogen-bond donors (Lipinski definition) is 1. The van der Waals surface area contributed by atoms with Crippen molar-refractivity contribution in [3.05, 3.63) is 24.5 Å². The van der Waals surface area contributed by atoms with Gasteiger partial charge in [0, 0.05) is 19.2 Å². The van der Waals surface area contributed by atoms with E-state index < -0.39 is 0 Å². The van der Waals surface area contributed by atoms with Gasteiger partial charge >= 0.3 is 0 Å². The minimum absolute atomic E-state index is 0.480. The van der Waals surface area contributed by atoms with Gasteiger partial charge in [0.05, 0.1) is 6.26 Å². The topological polar surface area (TPSA) is 68.2 Å². The van der Waals surface area contributed by atoms with Crippen LogP contribution in [0.5, 0.6) is 0 Å². The molecule has 1 aliphatic rings. The number of nitrogen functional groups attached to an aromatic ring is 1. The molecule has 2 N–H and O–H groups in total. The van der Waals surface area contributed by atoms with E-state index in [2.05, 4.69) is 14.9 Å². The van der Waals surface area contributed by atoms with Crippen molar-refractivity contribution in [3.8, 4) is 11.5 Å². The molecule has 17 heavy (non-hydrogen) atoms. The SMILES string of the molecule is Nc1cc(-c2ccco2)nc(N2CCCC2)n1. The summed E-state index contributed by atoms with van der Waals surface area (Å²) in [5, 5.41) is 0. The van der Waals surface area contributed by atoms with Crippen molar-refractivity contribution in [1.82, 2.24) is 9.97 Å². The molecular formula is C12H14N4O. The highest BCUT2D eigenvalue weighted by molar-refractivity contribution is 5.58. The Bertz CT molecular complexity index is 503. The Balaban J connectivity index is 2.00. The lowest BCUT2D eigenvalue weighted by atomic mass is 10.3. The van der Waals surface area contributed by atoms with Gasteiger partial charge in [0.1, 0.15) is 11.5 Å². The molecule has 3 heterocycles. The second kappa shape index (κ2) is 4.08. The van der Waals surface area contributed by atoms with Gasteiger partial charge < -0.3 is 15.1 Å². The fraction of sp³-hybridized carbons (Fsp3) is 0.333. The van der Waals surface area contributed by atoms with Crippen molar-refractivity contribution in [1.29, 1.82) is 0 Å². The summed E-state index contributed by atoms with van der Waals surface area (Å²) in [6.45, 7) is 2.00. The van der Waals surface area contributed by atoms with Gasteiger partial charge in [-0.25, -0.2) is 4.98 Å². The molecule has 0 amide bonds. The second-order valence-electron chi connectivity index (χ2n) is 4.15. The summed E-state index contributed by atoms with van der Waals surface area (Å²) in [6, 6.07) is 5.44. The smallest absolute Gasteiger partial charge is 0.227 e. The lowest BCUT2D eigenvalue weighted by Gasteiger charge is -2.15. The highest BCUT2D eigenvalue weighted by Gasteiger charge is 2.17. The van der Waals surface area contributed by atoms with Crippen LogP contribution >= 0.6 is 0 Å². The zero-order chi connectivity index (χ0) is 11.7. The molecule has 0 saturated carbocycles. The predicted octanol–water partition coefficient (Wildman–Crippen LogP) is 1.92. The van der Waals surface area contributed by atoms with Gasteiger partial charge in [-0.3, -0.25) is 0 Å². The quantitative estimate of drug-likeness (QED) is 0.853. The number of nitrogens with two attached hydrogens (primary N) is 1.